The first-order chi connectivity index (χ1) is 9.62. The lowest BCUT2D eigenvalue weighted by Gasteiger charge is -2.23. The summed E-state index contributed by atoms with van der Waals surface area (Å²) in [6.45, 7) is 9.36. The Kier molecular flexibility index (Phi) is 13.1. The molecule has 0 saturated heterocycles. The molecular weight excluding hydrogens is 240 g/mol. The summed E-state index contributed by atoms with van der Waals surface area (Å²) in [5.41, 5.74) is 0.506. The van der Waals surface area contributed by atoms with Crippen LogP contribution in [0.3, 0.4) is 0 Å². The number of rotatable bonds is 13. The van der Waals surface area contributed by atoms with Crippen molar-refractivity contribution < 1.29 is 0 Å². The quantitative estimate of drug-likeness (QED) is 0.242. The Morgan fingerprint density at radius 2 is 1.05 bits per heavy atom. The van der Waals surface area contributed by atoms with E-state index in [1.165, 1.54) is 70.6 Å². The molecule has 0 aliphatic rings. The molecule has 0 N–H and O–H groups in total. The van der Waals surface area contributed by atoms with Gasteiger partial charge in [-0.3, -0.25) is 0 Å². The molecule has 20 heavy (non-hydrogen) atoms. The molecule has 0 fully saturated rings. The van der Waals surface area contributed by atoms with E-state index in [-0.39, 0.29) is 0 Å². The molecule has 0 aliphatic carbocycles. The molecule has 0 spiro atoms. The molecule has 0 heterocycles. The predicted octanol–water partition coefficient (Wildman–Crippen LogP) is 7.46. The van der Waals surface area contributed by atoms with Crippen molar-refractivity contribution in [2.45, 2.75) is 98.3 Å². The van der Waals surface area contributed by atoms with Gasteiger partial charge in [0.15, 0.2) is 0 Å². The third-order valence-corrected chi connectivity index (χ3v) is 3.99. The third-order valence-electron chi connectivity index (χ3n) is 3.99. The highest BCUT2D eigenvalue weighted by Gasteiger charge is 2.15. The van der Waals surface area contributed by atoms with Crippen LogP contribution in [0.4, 0.5) is 0 Å². The SMILES string of the molecule is CCCCC=CCCCC(C)(C)CCC=CCCCC. The summed E-state index contributed by atoms with van der Waals surface area (Å²) < 4.78 is 0. The van der Waals surface area contributed by atoms with Gasteiger partial charge in [0.05, 0.1) is 0 Å². The zero-order chi connectivity index (χ0) is 15.1. The van der Waals surface area contributed by atoms with Crippen molar-refractivity contribution in [2.24, 2.45) is 5.41 Å². The van der Waals surface area contributed by atoms with Gasteiger partial charge in [-0.05, 0) is 50.4 Å². The molecule has 0 amide bonds. The van der Waals surface area contributed by atoms with Crippen molar-refractivity contribution >= 4 is 0 Å². The van der Waals surface area contributed by atoms with Crippen LogP contribution in [0.5, 0.6) is 0 Å². The zero-order valence-corrected chi connectivity index (χ0v) is 14.6. The molecular formula is C20H38. The van der Waals surface area contributed by atoms with Crippen LogP contribution in [-0.2, 0) is 0 Å². The number of unbranched alkanes of at least 4 members (excludes halogenated alkanes) is 5. The van der Waals surface area contributed by atoms with E-state index < -0.39 is 0 Å². The highest BCUT2D eigenvalue weighted by Crippen LogP contribution is 2.29. The van der Waals surface area contributed by atoms with E-state index in [1.54, 1.807) is 0 Å². The van der Waals surface area contributed by atoms with Gasteiger partial charge in [-0.15, -0.1) is 0 Å². The van der Waals surface area contributed by atoms with E-state index in [4.69, 9.17) is 0 Å². The maximum atomic E-state index is 2.42. The van der Waals surface area contributed by atoms with Crippen LogP contribution in [0, 0.1) is 5.41 Å². The minimum atomic E-state index is 0.506. The van der Waals surface area contributed by atoms with Crippen molar-refractivity contribution in [2.75, 3.05) is 0 Å². The first-order valence-corrected chi connectivity index (χ1v) is 8.92. The third kappa shape index (κ3) is 13.9. The van der Waals surface area contributed by atoms with Crippen LogP contribution in [0.15, 0.2) is 24.3 Å². The molecule has 0 atom stereocenters. The fourth-order valence-corrected chi connectivity index (χ4v) is 2.41. The normalized spacial score (nSPS) is 12.8. The van der Waals surface area contributed by atoms with Crippen LogP contribution in [0.2, 0.25) is 0 Å². The Labute approximate surface area is 128 Å². The van der Waals surface area contributed by atoms with Crippen molar-refractivity contribution in [3.63, 3.8) is 0 Å². The molecule has 118 valence electrons. The molecule has 0 bridgehead atoms. The van der Waals surface area contributed by atoms with Crippen LogP contribution in [-0.4, -0.2) is 0 Å². The van der Waals surface area contributed by atoms with Gasteiger partial charge in [-0.2, -0.15) is 0 Å². The van der Waals surface area contributed by atoms with E-state index in [0.717, 1.165) is 0 Å². The Hall–Kier alpha value is -0.520. The molecule has 0 unspecified atom stereocenters. The van der Waals surface area contributed by atoms with E-state index in [9.17, 15) is 0 Å². The van der Waals surface area contributed by atoms with Gasteiger partial charge >= 0.3 is 0 Å². The fraction of sp³-hybridized carbons (Fsp3) is 0.800. The van der Waals surface area contributed by atoms with Crippen molar-refractivity contribution in [3.05, 3.63) is 24.3 Å². The Bertz CT molecular complexity index is 245. The molecule has 0 aromatic heterocycles. The van der Waals surface area contributed by atoms with E-state index in [2.05, 4.69) is 52.0 Å². The highest BCUT2D eigenvalue weighted by atomic mass is 14.2. The maximum absolute atomic E-state index is 2.42. The van der Waals surface area contributed by atoms with Gasteiger partial charge in [0.25, 0.3) is 0 Å². The second-order valence-electron chi connectivity index (χ2n) is 6.82. The van der Waals surface area contributed by atoms with E-state index >= 15 is 0 Å². The summed E-state index contributed by atoms with van der Waals surface area (Å²) in [6.07, 6.45) is 23.9. The Morgan fingerprint density at radius 3 is 1.55 bits per heavy atom. The molecule has 0 rings (SSSR count). The lowest BCUT2D eigenvalue weighted by atomic mass is 9.82. The average molecular weight is 279 g/mol. The largest absolute Gasteiger partial charge is 0.0885 e. The number of hydrogen-bond donors (Lipinski definition) is 0. The molecule has 0 aromatic rings. The topological polar surface area (TPSA) is 0 Å². The molecule has 0 radical (unpaired) electrons. The summed E-state index contributed by atoms with van der Waals surface area (Å²) in [7, 11) is 0. The molecule has 0 aromatic carbocycles. The average Bonchev–Trinajstić information content (AvgIpc) is 2.41. The lowest BCUT2D eigenvalue weighted by molar-refractivity contribution is 0.302. The Morgan fingerprint density at radius 1 is 0.600 bits per heavy atom. The van der Waals surface area contributed by atoms with Crippen molar-refractivity contribution in [3.8, 4) is 0 Å². The first kappa shape index (κ1) is 19.5. The maximum Gasteiger partial charge on any atom is -0.0346 e. The van der Waals surface area contributed by atoms with Crippen molar-refractivity contribution in [1.82, 2.24) is 0 Å². The number of allylic oxidation sites excluding steroid dienone is 4. The second-order valence-corrected chi connectivity index (χ2v) is 6.82. The smallest absolute Gasteiger partial charge is 0.0346 e. The second kappa shape index (κ2) is 13.5. The van der Waals surface area contributed by atoms with Gasteiger partial charge in [0.2, 0.25) is 0 Å². The monoisotopic (exact) mass is 278 g/mol. The van der Waals surface area contributed by atoms with E-state index in [0.29, 0.717) is 5.41 Å². The summed E-state index contributed by atoms with van der Waals surface area (Å²) in [5, 5.41) is 0. The Balaban J connectivity index is 3.58. The van der Waals surface area contributed by atoms with Crippen LogP contribution < -0.4 is 0 Å². The molecule has 0 saturated carbocycles. The van der Waals surface area contributed by atoms with Gasteiger partial charge in [0, 0.05) is 0 Å². The van der Waals surface area contributed by atoms with Crippen LogP contribution in [0.1, 0.15) is 98.3 Å². The van der Waals surface area contributed by atoms with Gasteiger partial charge in [-0.1, -0.05) is 77.7 Å². The van der Waals surface area contributed by atoms with Crippen LogP contribution in [0.25, 0.3) is 0 Å². The standard InChI is InChI=1S/C20H38/c1-5-7-9-11-13-15-17-19-20(3,4)18-16-14-12-10-8-6-2/h11-14H,5-10,15-19H2,1-4H3. The summed E-state index contributed by atoms with van der Waals surface area (Å²) in [4.78, 5) is 0. The van der Waals surface area contributed by atoms with Crippen molar-refractivity contribution in [1.29, 1.82) is 0 Å². The lowest BCUT2D eigenvalue weighted by Crippen LogP contribution is -2.10. The molecule has 0 nitrogen and oxygen atoms in total. The van der Waals surface area contributed by atoms with Gasteiger partial charge in [-0.25, -0.2) is 0 Å². The van der Waals surface area contributed by atoms with Gasteiger partial charge in [0.1, 0.15) is 0 Å². The molecule has 0 heteroatoms. The highest BCUT2D eigenvalue weighted by molar-refractivity contribution is 4.85. The molecule has 0 aliphatic heterocycles. The fourth-order valence-electron chi connectivity index (χ4n) is 2.41. The zero-order valence-electron chi connectivity index (χ0n) is 14.6. The minimum absolute atomic E-state index is 0.506. The minimum Gasteiger partial charge on any atom is -0.0885 e. The van der Waals surface area contributed by atoms with E-state index in [1.807, 2.05) is 0 Å². The summed E-state index contributed by atoms with van der Waals surface area (Å²) in [6, 6.07) is 0. The predicted molar refractivity (Wildman–Crippen MR) is 94.2 cm³/mol. The summed E-state index contributed by atoms with van der Waals surface area (Å²) >= 11 is 0. The van der Waals surface area contributed by atoms with Gasteiger partial charge < -0.3 is 0 Å². The first-order valence-electron chi connectivity index (χ1n) is 8.92. The van der Waals surface area contributed by atoms with Crippen LogP contribution >= 0.6 is 0 Å². The number of hydrogen-bond acceptors (Lipinski definition) is 0. The summed E-state index contributed by atoms with van der Waals surface area (Å²) in [5.74, 6) is 0.